The highest BCUT2D eigenvalue weighted by atomic mass is 19.3. The molecule has 1 aliphatic heterocycles. The lowest BCUT2D eigenvalue weighted by atomic mass is 10.0. The molecule has 2 heterocycles. The Balaban J connectivity index is 2.01. The molecule has 29 heavy (non-hydrogen) atoms. The highest BCUT2D eigenvalue weighted by Gasteiger charge is 2.31. The minimum absolute atomic E-state index is 0.0305. The molecule has 0 fully saturated rings. The molecule has 1 amide bonds. The predicted molar refractivity (Wildman–Crippen MR) is 91.9 cm³/mol. The topological polar surface area (TPSA) is 51.7 Å². The van der Waals surface area contributed by atoms with Crippen molar-refractivity contribution in [1.82, 2.24) is 9.88 Å². The summed E-state index contributed by atoms with van der Waals surface area (Å²) in [5.74, 6) is -4.98. The Labute approximate surface area is 162 Å². The average molecular weight is 414 g/mol. The Morgan fingerprint density at radius 2 is 2.03 bits per heavy atom. The van der Waals surface area contributed by atoms with Crippen LogP contribution >= 0.6 is 0 Å². The van der Waals surface area contributed by atoms with Crippen molar-refractivity contribution in [3.63, 3.8) is 0 Å². The van der Waals surface area contributed by atoms with Crippen LogP contribution in [0.25, 0.3) is 11.1 Å². The first-order valence-electron chi connectivity index (χ1n) is 8.37. The van der Waals surface area contributed by atoms with Crippen LogP contribution in [0.3, 0.4) is 0 Å². The molecule has 154 valence electrons. The number of nitrogens with zero attached hydrogens (tertiary/aromatic N) is 2. The molecule has 1 aromatic carbocycles. The fourth-order valence-electron chi connectivity index (χ4n) is 2.81. The number of amides is 1. The molecular formula is C19H15F5N2O3. The Bertz CT molecular complexity index is 944. The van der Waals surface area contributed by atoms with Gasteiger partial charge in [0.05, 0.1) is 12.8 Å². The van der Waals surface area contributed by atoms with E-state index in [4.69, 9.17) is 4.74 Å². The number of benzene rings is 1. The van der Waals surface area contributed by atoms with Crippen molar-refractivity contribution >= 4 is 6.09 Å². The van der Waals surface area contributed by atoms with E-state index in [1.807, 2.05) is 0 Å². The number of halogens is 5. The smallest absolute Gasteiger partial charge is 0.415 e. The molecule has 1 aliphatic rings. The maximum atomic E-state index is 14.0. The van der Waals surface area contributed by atoms with Gasteiger partial charge in [-0.25, -0.2) is 9.18 Å². The fourth-order valence-corrected chi connectivity index (χ4v) is 2.81. The molecule has 2 aromatic rings. The van der Waals surface area contributed by atoms with E-state index >= 15 is 0 Å². The zero-order valence-corrected chi connectivity index (χ0v) is 15.0. The molecule has 0 radical (unpaired) electrons. The largest absolute Gasteiger partial charge is 0.432 e. The Morgan fingerprint density at radius 1 is 1.28 bits per heavy atom. The molecule has 0 aliphatic carbocycles. The van der Waals surface area contributed by atoms with Crippen molar-refractivity contribution in [3.05, 3.63) is 59.9 Å². The molecule has 3 rings (SSSR count). The first-order chi connectivity index (χ1) is 13.6. The molecule has 0 saturated heterocycles. The van der Waals surface area contributed by atoms with Gasteiger partial charge in [0.2, 0.25) is 0 Å². The molecule has 0 atom stereocenters. The van der Waals surface area contributed by atoms with Crippen LogP contribution in [0.5, 0.6) is 5.75 Å². The fraction of sp³-hybridized carbons (Fsp3) is 0.263. The van der Waals surface area contributed by atoms with E-state index in [0.29, 0.717) is 6.92 Å². The van der Waals surface area contributed by atoms with Crippen molar-refractivity contribution in [2.75, 3.05) is 6.54 Å². The highest BCUT2D eigenvalue weighted by Crippen LogP contribution is 2.33. The maximum absolute atomic E-state index is 14.0. The van der Waals surface area contributed by atoms with Gasteiger partial charge in [-0.1, -0.05) is 6.07 Å². The van der Waals surface area contributed by atoms with Crippen LogP contribution in [0.15, 0.2) is 42.8 Å². The molecule has 0 spiro atoms. The predicted octanol–water partition coefficient (Wildman–Crippen LogP) is 5.07. The minimum atomic E-state index is -3.30. The van der Waals surface area contributed by atoms with Crippen LogP contribution < -0.4 is 4.74 Å². The summed E-state index contributed by atoms with van der Waals surface area (Å²) in [6, 6.07) is 4.55. The Morgan fingerprint density at radius 3 is 2.69 bits per heavy atom. The second-order valence-electron chi connectivity index (χ2n) is 6.28. The highest BCUT2D eigenvalue weighted by molar-refractivity contribution is 5.70. The third-order valence-corrected chi connectivity index (χ3v) is 4.07. The monoisotopic (exact) mass is 414 g/mol. The van der Waals surface area contributed by atoms with Crippen LogP contribution in [0.2, 0.25) is 0 Å². The zero-order chi connectivity index (χ0) is 21.2. The number of hydrogen-bond acceptors (Lipinski definition) is 4. The number of alkyl halides is 4. The van der Waals surface area contributed by atoms with Gasteiger partial charge in [0.15, 0.2) is 11.6 Å². The van der Waals surface area contributed by atoms with E-state index in [1.165, 1.54) is 29.4 Å². The Kier molecular flexibility index (Phi) is 5.71. The van der Waals surface area contributed by atoms with Crippen LogP contribution in [-0.2, 0) is 17.2 Å². The SMILES string of the molecule is CC(F)(F)c1ncc(-c2ccc(F)c(OC(F)F)c2)cc1CN1CC=COC1=O. The molecule has 0 unspecified atom stereocenters. The summed E-state index contributed by atoms with van der Waals surface area (Å²) >= 11 is 0. The molecule has 10 heteroatoms. The lowest BCUT2D eigenvalue weighted by Crippen LogP contribution is -2.33. The molecule has 0 bridgehead atoms. The summed E-state index contributed by atoms with van der Waals surface area (Å²) < 4.78 is 75.4. The summed E-state index contributed by atoms with van der Waals surface area (Å²) in [4.78, 5) is 16.8. The number of pyridine rings is 1. The quantitative estimate of drug-likeness (QED) is 0.620. The van der Waals surface area contributed by atoms with Crippen LogP contribution in [0.4, 0.5) is 26.7 Å². The van der Waals surface area contributed by atoms with Gasteiger partial charge < -0.3 is 9.47 Å². The van der Waals surface area contributed by atoms with Gasteiger partial charge in [0, 0.05) is 25.2 Å². The van der Waals surface area contributed by atoms with Crippen molar-refractivity contribution in [1.29, 1.82) is 0 Å². The number of cyclic esters (lactones) is 1. The van der Waals surface area contributed by atoms with Gasteiger partial charge in [0.25, 0.3) is 5.92 Å². The van der Waals surface area contributed by atoms with Gasteiger partial charge in [-0.2, -0.15) is 17.6 Å². The van der Waals surface area contributed by atoms with Crippen molar-refractivity contribution in [3.8, 4) is 16.9 Å². The summed E-state index contributed by atoms with van der Waals surface area (Å²) in [5.41, 5.74) is -0.0337. The standard InChI is InChI=1S/C19H15F5N2O3/c1-19(23,24)16-13(10-26-5-2-6-28-18(26)27)7-12(9-25-16)11-3-4-14(20)15(8-11)29-17(21)22/h2-4,6-9,17H,5,10H2,1H3. The van der Waals surface area contributed by atoms with Gasteiger partial charge in [-0.3, -0.25) is 9.88 Å². The number of aromatic nitrogens is 1. The third-order valence-electron chi connectivity index (χ3n) is 4.07. The van der Waals surface area contributed by atoms with E-state index in [1.54, 1.807) is 0 Å². The lowest BCUT2D eigenvalue weighted by molar-refractivity contribution is -0.0521. The van der Waals surface area contributed by atoms with E-state index in [-0.39, 0.29) is 29.8 Å². The van der Waals surface area contributed by atoms with E-state index < -0.39 is 35.9 Å². The summed E-state index contributed by atoms with van der Waals surface area (Å²) in [6.45, 7) is -2.63. The molecule has 0 N–H and O–H groups in total. The lowest BCUT2D eigenvalue weighted by Gasteiger charge is -2.25. The average Bonchev–Trinajstić information content (AvgIpc) is 2.64. The maximum Gasteiger partial charge on any atom is 0.415 e. The molecule has 1 aromatic heterocycles. The van der Waals surface area contributed by atoms with Crippen molar-refractivity contribution in [2.24, 2.45) is 0 Å². The first-order valence-corrected chi connectivity index (χ1v) is 8.37. The van der Waals surface area contributed by atoms with Crippen LogP contribution in [0, 0.1) is 5.82 Å². The summed E-state index contributed by atoms with van der Waals surface area (Å²) in [7, 11) is 0. The normalized spacial score (nSPS) is 14.3. The van der Waals surface area contributed by atoms with Crippen LogP contribution in [-0.4, -0.2) is 29.1 Å². The van der Waals surface area contributed by atoms with Crippen LogP contribution in [0.1, 0.15) is 18.2 Å². The number of rotatable bonds is 6. The van der Waals surface area contributed by atoms with E-state index in [2.05, 4.69) is 9.72 Å². The second kappa shape index (κ2) is 8.06. The van der Waals surface area contributed by atoms with Gasteiger partial charge >= 0.3 is 12.7 Å². The van der Waals surface area contributed by atoms with Gasteiger partial charge in [-0.05, 0) is 35.4 Å². The van der Waals surface area contributed by atoms with Crippen molar-refractivity contribution in [2.45, 2.75) is 26.0 Å². The van der Waals surface area contributed by atoms with E-state index in [0.717, 1.165) is 18.3 Å². The number of carbonyl (C=O) groups is 1. The van der Waals surface area contributed by atoms with Crippen molar-refractivity contribution < 1.29 is 36.2 Å². The second-order valence-corrected chi connectivity index (χ2v) is 6.28. The summed E-state index contributed by atoms with van der Waals surface area (Å²) in [5, 5.41) is 0. The minimum Gasteiger partial charge on any atom is -0.432 e. The van der Waals surface area contributed by atoms with Gasteiger partial charge in [0.1, 0.15) is 5.69 Å². The van der Waals surface area contributed by atoms with Gasteiger partial charge in [-0.15, -0.1) is 0 Å². The molecular weight excluding hydrogens is 399 g/mol. The zero-order valence-electron chi connectivity index (χ0n) is 15.0. The van der Waals surface area contributed by atoms with E-state index in [9.17, 15) is 26.7 Å². The first kappa shape index (κ1) is 20.6. The summed E-state index contributed by atoms with van der Waals surface area (Å²) in [6.07, 6.45) is 3.14. The number of hydrogen-bond donors (Lipinski definition) is 0. The Hall–Kier alpha value is -3.17. The molecule has 5 nitrogen and oxygen atoms in total. The molecule has 0 saturated carbocycles. The number of ether oxygens (including phenoxy) is 2. The number of carbonyl (C=O) groups excluding carboxylic acids is 1. The third kappa shape index (κ3) is 4.82.